The molecule has 1 aliphatic heterocycles. The molecule has 1 aromatic heterocycles. The zero-order chi connectivity index (χ0) is 26.0. The zero-order valence-electron chi connectivity index (χ0n) is 20.2. The van der Waals surface area contributed by atoms with E-state index in [0.717, 1.165) is 21.3 Å². The van der Waals surface area contributed by atoms with E-state index >= 15 is 4.39 Å². The zero-order valence-corrected chi connectivity index (χ0v) is 20.2. The van der Waals surface area contributed by atoms with Crippen LogP contribution in [0.25, 0.3) is 0 Å². The molecule has 1 aliphatic rings. The third-order valence-electron chi connectivity index (χ3n) is 6.71. The number of nitrogens with zero attached hydrogens (tertiary/aromatic N) is 1. The van der Waals surface area contributed by atoms with Gasteiger partial charge in [0, 0.05) is 11.8 Å². The summed E-state index contributed by atoms with van der Waals surface area (Å²) < 4.78 is 28.8. The molecule has 0 aliphatic carbocycles. The second kappa shape index (κ2) is 10.3. The predicted octanol–water partition coefficient (Wildman–Crippen LogP) is 3.45. The van der Waals surface area contributed by atoms with E-state index in [-0.39, 0.29) is 12.2 Å². The molecule has 4 atom stereocenters. The van der Waals surface area contributed by atoms with Crippen molar-refractivity contribution in [1.29, 1.82) is 0 Å². The maximum Gasteiger partial charge on any atom is 0.330 e. The highest BCUT2D eigenvalue weighted by molar-refractivity contribution is 5.47. The Hall–Kier alpha value is -3.85. The van der Waals surface area contributed by atoms with E-state index in [1.165, 1.54) is 13.1 Å². The lowest BCUT2D eigenvalue weighted by atomic mass is 9.80. The number of aliphatic hydroxyl groups is 1. The standard InChI is InChI=1S/C29H27FN2O5/c1-19-17-32(28(35)31-26(19)34)27-25(33)24(30)23(37-27)18-36-29(20-11-5-2-6-12-20,21-13-7-3-8-14-21)22-15-9-4-10-16-22/h2-17,23-25,27,33H,18H2,1H3,(H,31,34,35)/t23-,24-,25+,27-/m1/s1. The lowest BCUT2D eigenvalue weighted by Crippen LogP contribution is -2.38. The molecule has 2 heterocycles. The van der Waals surface area contributed by atoms with Crippen molar-refractivity contribution in [3.05, 3.63) is 140 Å². The molecule has 0 saturated carbocycles. The molecule has 37 heavy (non-hydrogen) atoms. The van der Waals surface area contributed by atoms with Gasteiger partial charge in [-0.2, -0.15) is 0 Å². The summed E-state index contributed by atoms with van der Waals surface area (Å²) in [7, 11) is 0. The molecular formula is C29H27FN2O5. The first-order valence-electron chi connectivity index (χ1n) is 12.0. The van der Waals surface area contributed by atoms with E-state index in [1.54, 1.807) is 0 Å². The highest BCUT2D eigenvalue weighted by Crippen LogP contribution is 2.41. The van der Waals surface area contributed by atoms with Crippen LogP contribution in [-0.2, 0) is 15.1 Å². The number of hydrogen-bond acceptors (Lipinski definition) is 5. The summed E-state index contributed by atoms with van der Waals surface area (Å²) in [4.78, 5) is 26.3. The molecule has 1 saturated heterocycles. The van der Waals surface area contributed by atoms with Crippen LogP contribution in [0.3, 0.4) is 0 Å². The molecule has 0 amide bonds. The van der Waals surface area contributed by atoms with Gasteiger partial charge >= 0.3 is 5.69 Å². The molecular weight excluding hydrogens is 475 g/mol. The SMILES string of the molecule is Cc1cn([C@@H]2O[C@H](COC(c3ccccc3)(c3ccccc3)c3ccccc3)[C@@H](F)[C@@H]2O)c(=O)[nH]c1=O. The number of aliphatic hydroxyl groups excluding tert-OH is 1. The maximum atomic E-state index is 15.4. The van der Waals surface area contributed by atoms with Gasteiger partial charge in [-0.05, 0) is 23.6 Å². The first-order chi connectivity index (χ1) is 17.9. The Kier molecular flexibility index (Phi) is 6.88. The number of hydrogen-bond donors (Lipinski definition) is 2. The maximum absolute atomic E-state index is 15.4. The minimum Gasteiger partial charge on any atom is -0.385 e. The van der Waals surface area contributed by atoms with E-state index in [4.69, 9.17) is 9.47 Å². The van der Waals surface area contributed by atoms with Crippen LogP contribution in [0.5, 0.6) is 0 Å². The van der Waals surface area contributed by atoms with Crippen LogP contribution in [0.2, 0.25) is 0 Å². The average Bonchev–Trinajstić information content (AvgIpc) is 3.21. The van der Waals surface area contributed by atoms with Gasteiger partial charge in [-0.1, -0.05) is 91.0 Å². The summed E-state index contributed by atoms with van der Waals surface area (Å²) in [5, 5.41) is 10.6. The molecule has 0 unspecified atom stereocenters. The molecule has 2 N–H and O–H groups in total. The number of nitrogens with one attached hydrogen (secondary N) is 1. The Morgan fingerprint density at radius 3 is 1.89 bits per heavy atom. The van der Waals surface area contributed by atoms with Crippen molar-refractivity contribution >= 4 is 0 Å². The molecule has 8 heteroatoms. The normalized spacial score (nSPS) is 21.7. The Bertz CT molecular complexity index is 1360. The number of aromatic amines is 1. The summed E-state index contributed by atoms with van der Waals surface area (Å²) in [6.07, 6.45) is -4.69. The third kappa shape index (κ3) is 4.55. The van der Waals surface area contributed by atoms with E-state index in [1.807, 2.05) is 91.0 Å². The highest BCUT2D eigenvalue weighted by atomic mass is 19.1. The van der Waals surface area contributed by atoms with Crippen LogP contribution < -0.4 is 11.2 Å². The van der Waals surface area contributed by atoms with E-state index in [9.17, 15) is 14.7 Å². The number of benzene rings is 3. The lowest BCUT2D eigenvalue weighted by Gasteiger charge is -2.36. The quantitative estimate of drug-likeness (QED) is 0.378. The minimum absolute atomic E-state index is 0.218. The smallest absolute Gasteiger partial charge is 0.330 e. The van der Waals surface area contributed by atoms with Gasteiger partial charge in [0.05, 0.1) is 6.61 Å². The fourth-order valence-electron chi connectivity index (χ4n) is 4.82. The Labute approximate surface area is 212 Å². The van der Waals surface area contributed by atoms with Gasteiger partial charge in [0.25, 0.3) is 5.56 Å². The molecule has 4 aromatic rings. The largest absolute Gasteiger partial charge is 0.385 e. The van der Waals surface area contributed by atoms with Crippen molar-refractivity contribution in [3.8, 4) is 0 Å². The van der Waals surface area contributed by atoms with Crippen LogP contribution >= 0.6 is 0 Å². The van der Waals surface area contributed by atoms with Crippen LogP contribution in [0, 0.1) is 6.92 Å². The van der Waals surface area contributed by atoms with E-state index in [0.29, 0.717) is 0 Å². The number of aryl methyl sites for hydroxylation is 1. The average molecular weight is 503 g/mol. The van der Waals surface area contributed by atoms with Gasteiger partial charge in [-0.15, -0.1) is 0 Å². The van der Waals surface area contributed by atoms with Crippen molar-refractivity contribution in [1.82, 2.24) is 9.55 Å². The third-order valence-corrected chi connectivity index (χ3v) is 6.71. The minimum atomic E-state index is -1.83. The molecule has 1 fully saturated rings. The summed E-state index contributed by atoms with van der Waals surface area (Å²) in [6.45, 7) is 1.29. The molecule has 0 radical (unpaired) electrons. The van der Waals surface area contributed by atoms with E-state index in [2.05, 4.69) is 4.98 Å². The summed E-state index contributed by atoms with van der Waals surface area (Å²) >= 11 is 0. The second-order valence-electron chi connectivity index (χ2n) is 9.07. The first kappa shape index (κ1) is 24.8. The summed E-state index contributed by atoms with van der Waals surface area (Å²) in [5.74, 6) is 0. The van der Waals surface area contributed by atoms with Gasteiger partial charge in [0.2, 0.25) is 0 Å². The van der Waals surface area contributed by atoms with Gasteiger partial charge in [-0.3, -0.25) is 14.3 Å². The fourth-order valence-corrected chi connectivity index (χ4v) is 4.82. The highest BCUT2D eigenvalue weighted by Gasteiger charge is 2.47. The Balaban J connectivity index is 1.53. The lowest BCUT2D eigenvalue weighted by molar-refractivity contribution is -0.0914. The Morgan fingerprint density at radius 2 is 1.41 bits per heavy atom. The van der Waals surface area contributed by atoms with Crippen LogP contribution in [0.1, 0.15) is 28.5 Å². The fraction of sp³-hybridized carbons (Fsp3) is 0.241. The van der Waals surface area contributed by atoms with Crippen LogP contribution in [0.4, 0.5) is 4.39 Å². The number of ether oxygens (including phenoxy) is 2. The Morgan fingerprint density at radius 1 is 0.919 bits per heavy atom. The number of alkyl halides is 1. The first-order valence-corrected chi connectivity index (χ1v) is 12.0. The van der Waals surface area contributed by atoms with Crippen molar-refractivity contribution in [2.24, 2.45) is 0 Å². The molecule has 0 bridgehead atoms. The molecule has 190 valence electrons. The van der Waals surface area contributed by atoms with Crippen molar-refractivity contribution in [3.63, 3.8) is 0 Å². The molecule has 7 nitrogen and oxygen atoms in total. The number of H-pyrrole nitrogens is 1. The summed E-state index contributed by atoms with van der Waals surface area (Å²) in [5.41, 5.74) is 0.314. The molecule has 0 spiro atoms. The van der Waals surface area contributed by atoms with Gasteiger partial charge in [0.15, 0.2) is 12.4 Å². The van der Waals surface area contributed by atoms with Crippen molar-refractivity contribution < 1.29 is 19.0 Å². The van der Waals surface area contributed by atoms with Gasteiger partial charge in [-0.25, -0.2) is 9.18 Å². The van der Waals surface area contributed by atoms with Crippen molar-refractivity contribution in [2.45, 2.75) is 37.1 Å². The van der Waals surface area contributed by atoms with Crippen LogP contribution in [-0.4, -0.2) is 39.6 Å². The van der Waals surface area contributed by atoms with E-state index < -0.39 is 41.5 Å². The number of aromatic nitrogens is 2. The number of halogens is 1. The molecule has 3 aromatic carbocycles. The molecule has 5 rings (SSSR count). The van der Waals surface area contributed by atoms with Gasteiger partial charge in [0.1, 0.15) is 17.8 Å². The van der Waals surface area contributed by atoms with Gasteiger partial charge < -0.3 is 14.6 Å². The van der Waals surface area contributed by atoms with Crippen molar-refractivity contribution in [2.75, 3.05) is 6.61 Å². The van der Waals surface area contributed by atoms with Crippen LogP contribution in [0.15, 0.2) is 107 Å². The number of rotatable bonds is 7. The summed E-state index contributed by atoms with van der Waals surface area (Å²) in [6, 6.07) is 28.9. The second-order valence-corrected chi connectivity index (χ2v) is 9.07. The predicted molar refractivity (Wildman–Crippen MR) is 136 cm³/mol. The monoisotopic (exact) mass is 502 g/mol. The topological polar surface area (TPSA) is 93.6 Å².